The molecule has 28 heavy (non-hydrogen) atoms. The fraction of sp³-hybridized carbons (Fsp3) is 0.667. The molecule has 3 fully saturated rings. The largest absolute Gasteiger partial charge is 0.445 e. The maximum Gasteiger partial charge on any atom is 0.410 e. The number of aliphatic hydroxyl groups excluding tert-OH is 1. The maximum absolute atomic E-state index is 11.7. The second-order valence-corrected chi connectivity index (χ2v) is 7.70. The van der Waals surface area contributed by atoms with Gasteiger partial charge in [-0.15, -0.1) is 0 Å². The van der Waals surface area contributed by atoms with Crippen LogP contribution in [0.5, 0.6) is 0 Å². The van der Waals surface area contributed by atoms with Crippen molar-refractivity contribution in [3.05, 3.63) is 35.9 Å². The Morgan fingerprint density at radius 3 is 2.32 bits per heavy atom. The minimum absolute atomic E-state index is 0.131. The first kappa shape index (κ1) is 21.0. The van der Waals surface area contributed by atoms with Gasteiger partial charge < -0.3 is 30.0 Å². The summed E-state index contributed by atoms with van der Waals surface area (Å²) in [6.07, 6.45) is 4.71. The Morgan fingerprint density at radius 1 is 1.11 bits per heavy atom. The minimum Gasteiger partial charge on any atom is -0.445 e. The number of benzene rings is 1. The summed E-state index contributed by atoms with van der Waals surface area (Å²) in [6, 6.07) is 9.93. The maximum atomic E-state index is 11.7. The van der Waals surface area contributed by atoms with Gasteiger partial charge in [0.05, 0.1) is 19.3 Å². The molecule has 1 amide bonds. The van der Waals surface area contributed by atoms with E-state index >= 15 is 0 Å². The number of likely N-dealkylation sites (tertiary alicyclic amines) is 1. The van der Waals surface area contributed by atoms with Gasteiger partial charge in [0.1, 0.15) is 6.61 Å². The van der Waals surface area contributed by atoms with Gasteiger partial charge in [-0.2, -0.15) is 0 Å². The van der Waals surface area contributed by atoms with Gasteiger partial charge in [-0.1, -0.05) is 30.3 Å². The standard InChI is InChI=1S/C13H18N2O2.C8H14O3/c14-12-6-8-15(9-7-12)13(16)17-10-11-4-2-1-3-5-11;9-7-1-3-8(4-2-7)10-5-6-11-8/h1-5,12H,6-10,14H2;7,9H,1-6H2. The topological polar surface area (TPSA) is 94.3 Å². The van der Waals surface area contributed by atoms with Gasteiger partial charge in [0.25, 0.3) is 0 Å². The number of carbonyl (C=O) groups excluding carboxylic acids is 1. The highest BCUT2D eigenvalue weighted by Gasteiger charge is 2.39. The van der Waals surface area contributed by atoms with E-state index in [1.54, 1.807) is 4.90 Å². The number of rotatable bonds is 2. The summed E-state index contributed by atoms with van der Waals surface area (Å²) in [6.45, 7) is 3.18. The number of hydrogen-bond acceptors (Lipinski definition) is 6. The van der Waals surface area contributed by atoms with Gasteiger partial charge in [-0.25, -0.2) is 4.79 Å². The van der Waals surface area contributed by atoms with Crippen molar-refractivity contribution in [3.63, 3.8) is 0 Å². The van der Waals surface area contributed by atoms with E-state index in [4.69, 9.17) is 19.9 Å². The van der Waals surface area contributed by atoms with Crippen molar-refractivity contribution in [2.45, 2.75) is 63.1 Å². The molecule has 2 heterocycles. The predicted molar refractivity (Wildman–Crippen MR) is 105 cm³/mol. The van der Waals surface area contributed by atoms with Crippen LogP contribution in [0, 0.1) is 0 Å². The Balaban J connectivity index is 0.000000176. The number of hydrogen-bond donors (Lipinski definition) is 2. The molecule has 1 aromatic carbocycles. The molecule has 4 rings (SSSR count). The lowest BCUT2D eigenvalue weighted by Crippen LogP contribution is -2.43. The minimum atomic E-state index is -0.306. The van der Waals surface area contributed by atoms with Gasteiger partial charge in [0.2, 0.25) is 0 Å². The average molecular weight is 392 g/mol. The molecule has 7 nitrogen and oxygen atoms in total. The monoisotopic (exact) mass is 392 g/mol. The van der Waals surface area contributed by atoms with Crippen LogP contribution in [0.25, 0.3) is 0 Å². The summed E-state index contributed by atoms with van der Waals surface area (Å²) in [5, 5.41) is 9.24. The third kappa shape index (κ3) is 6.17. The lowest BCUT2D eigenvalue weighted by molar-refractivity contribution is -0.187. The fourth-order valence-corrected chi connectivity index (χ4v) is 3.72. The summed E-state index contributed by atoms with van der Waals surface area (Å²) in [4.78, 5) is 13.5. The van der Waals surface area contributed by atoms with Crippen LogP contribution in [-0.2, 0) is 20.8 Å². The molecule has 1 aromatic rings. The molecule has 0 unspecified atom stereocenters. The molecule has 3 aliphatic rings. The second kappa shape index (κ2) is 10.2. The molecule has 0 bridgehead atoms. The number of aliphatic hydroxyl groups is 1. The quantitative estimate of drug-likeness (QED) is 0.803. The van der Waals surface area contributed by atoms with Crippen molar-refractivity contribution < 1.29 is 24.1 Å². The molecule has 0 atom stereocenters. The van der Waals surface area contributed by atoms with Gasteiger partial charge in [-0.05, 0) is 31.2 Å². The van der Waals surface area contributed by atoms with E-state index < -0.39 is 0 Å². The molecule has 2 saturated heterocycles. The molecule has 1 saturated carbocycles. The van der Waals surface area contributed by atoms with Crippen molar-refractivity contribution in [2.75, 3.05) is 26.3 Å². The van der Waals surface area contributed by atoms with Gasteiger partial charge in [0, 0.05) is 32.0 Å². The third-order valence-corrected chi connectivity index (χ3v) is 5.53. The van der Waals surface area contributed by atoms with E-state index in [9.17, 15) is 9.90 Å². The highest BCUT2D eigenvalue weighted by atomic mass is 16.7. The lowest BCUT2D eigenvalue weighted by Gasteiger charge is -2.33. The fourth-order valence-electron chi connectivity index (χ4n) is 3.72. The Bertz CT molecular complexity index is 588. The number of amides is 1. The van der Waals surface area contributed by atoms with Crippen LogP contribution in [0.15, 0.2) is 30.3 Å². The molecular weight excluding hydrogens is 360 g/mol. The summed E-state index contributed by atoms with van der Waals surface area (Å²) in [5.74, 6) is -0.306. The van der Waals surface area contributed by atoms with E-state index in [1.807, 2.05) is 30.3 Å². The SMILES string of the molecule is NC1CCN(C(=O)OCc2ccccc2)CC1.OC1CCC2(CC1)OCCO2. The van der Waals surface area contributed by atoms with Crippen LogP contribution in [0.4, 0.5) is 4.79 Å². The van der Waals surface area contributed by atoms with Crippen LogP contribution in [-0.4, -0.2) is 60.3 Å². The van der Waals surface area contributed by atoms with Crippen LogP contribution in [0.3, 0.4) is 0 Å². The average Bonchev–Trinajstić information content (AvgIpc) is 3.19. The van der Waals surface area contributed by atoms with Crippen LogP contribution < -0.4 is 5.73 Å². The molecule has 0 aromatic heterocycles. The van der Waals surface area contributed by atoms with Crippen molar-refractivity contribution in [3.8, 4) is 0 Å². The number of ether oxygens (including phenoxy) is 3. The van der Waals surface area contributed by atoms with Crippen LogP contribution >= 0.6 is 0 Å². The molecule has 156 valence electrons. The molecule has 2 aliphatic heterocycles. The van der Waals surface area contributed by atoms with E-state index in [0.29, 0.717) is 19.7 Å². The van der Waals surface area contributed by atoms with E-state index in [2.05, 4.69) is 0 Å². The molecule has 0 radical (unpaired) electrons. The van der Waals surface area contributed by atoms with Crippen LogP contribution in [0.1, 0.15) is 44.1 Å². The first-order chi connectivity index (χ1) is 13.6. The third-order valence-electron chi connectivity index (χ3n) is 5.53. The zero-order valence-electron chi connectivity index (χ0n) is 16.4. The van der Waals surface area contributed by atoms with E-state index in [-0.39, 0.29) is 24.0 Å². The first-order valence-corrected chi connectivity index (χ1v) is 10.2. The van der Waals surface area contributed by atoms with E-state index in [0.717, 1.165) is 57.3 Å². The Hall–Kier alpha value is -1.67. The van der Waals surface area contributed by atoms with Gasteiger partial charge in [0.15, 0.2) is 5.79 Å². The van der Waals surface area contributed by atoms with Gasteiger partial charge >= 0.3 is 6.09 Å². The first-order valence-electron chi connectivity index (χ1n) is 10.2. The van der Waals surface area contributed by atoms with Crippen molar-refractivity contribution in [1.29, 1.82) is 0 Å². The zero-order chi connectivity index (χ0) is 19.8. The number of nitrogens with two attached hydrogens (primary N) is 1. The van der Waals surface area contributed by atoms with Crippen molar-refractivity contribution in [1.82, 2.24) is 4.90 Å². The molecule has 1 spiro atoms. The highest BCUT2D eigenvalue weighted by molar-refractivity contribution is 5.67. The number of nitrogens with zero attached hydrogens (tertiary/aromatic N) is 1. The predicted octanol–water partition coefficient (Wildman–Crippen LogP) is 2.41. The normalized spacial score (nSPS) is 22.6. The highest BCUT2D eigenvalue weighted by Crippen LogP contribution is 2.35. The van der Waals surface area contributed by atoms with Crippen LogP contribution in [0.2, 0.25) is 0 Å². The Kier molecular flexibility index (Phi) is 7.67. The summed E-state index contributed by atoms with van der Waals surface area (Å²) in [7, 11) is 0. The molecule has 3 N–H and O–H groups in total. The summed E-state index contributed by atoms with van der Waals surface area (Å²) < 4.78 is 16.2. The number of piperidine rings is 1. The zero-order valence-corrected chi connectivity index (χ0v) is 16.4. The molecule has 7 heteroatoms. The number of carbonyl (C=O) groups is 1. The van der Waals surface area contributed by atoms with E-state index in [1.165, 1.54) is 0 Å². The van der Waals surface area contributed by atoms with Gasteiger partial charge in [-0.3, -0.25) is 0 Å². The van der Waals surface area contributed by atoms with Crippen molar-refractivity contribution >= 4 is 6.09 Å². The molecule has 1 aliphatic carbocycles. The van der Waals surface area contributed by atoms with Crippen molar-refractivity contribution in [2.24, 2.45) is 5.73 Å². The smallest absolute Gasteiger partial charge is 0.410 e. The summed E-state index contributed by atoms with van der Waals surface area (Å²) >= 11 is 0. The molecular formula is C21H32N2O5. The Labute approximate surface area is 166 Å². The summed E-state index contributed by atoms with van der Waals surface area (Å²) in [5.41, 5.74) is 6.79. The second-order valence-electron chi connectivity index (χ2n) is 7.70. The lowest BCUT2D eigenvalue weighted by atomic mass is 9.92. The Morgan fingerprint density at radius 2 is 1.71 bits per heavy atom.